The third-order valence-electron chi connectivity index (χ3n) is 4.14. The molecule has 21 heavy (non-hydrogen) atoms. The third-order valence-corrected chi connectivity index (χ3v) is 5.95. The van der Waals surface area contributed by atoms with Gasteiger partial charge in [-0.2, -0.15) is 0 Å². The van der Waals surface area contributed by atoms with E-state index in [1.54, 1.807) is 32.3 Å². The lowest BCUT2D eigenvalue weighted by molar-refractivity contribution is 0.520. The molecule has 1 fully saturated rings. The van der Waals surface area contributed by atoms with Crippen molar-refractivity contribution in [3.05, 3.63) is 18.2 Å². The van der Waals surface area contributed by atoms with E-state index < -0.39 is 10.0 Å². The van der Waals surface area contributed by atoms with Crippen molar-refractivity contribution in [3.63, 3.8) is 0 Å². The zero-order valence-corrected chi connectivity index (χ0v) is 13.9. The number of nitrogens with zero attached hydrogens (tertiary/aromatic N) is 2. The van der Waals surface area contributed by atoms with Crippen LogP contribution in [-0.2, 0) is 10.0 Å². The van der Waals surface area contributed by atoms with Crippen LogP contribution in [-0.4, -0.2) is 39.9 Å². The van der Waals surface area contributed by atoms with Crippen molar-refractivity contribution < 1.29 is 8.42 Å². The standard InChI is InChI=1S/C15H25N3O2S/c1-12-5-4-9-18(10-8-12)15-11-13(6-7-14(15)16)21(19,20)17(2)3/h6-7,11-12H,4-5,8-10,16H2,1-3H3. The lowest BCUT2D eigenvalue weighted by Crippen LogP contribution is -2.26. The first-order valence-corrected chi connectivity index (χ1v) is 8.83. The van der Waals surface area contributed by atoms with Crippen molar-refractivity contribution in [3.8, 4) is 0 Å². The lowest BCUT2D eigenvalue weighted by atomic mass is 10.0. The van der Waals surface area contributed by atoms with E-state index in [2.05, 4.69) is 11.8 Å². The van der Waals surface area contributed by atoms with E-state index in [-0.39, 0.29) is 0 Å². The molecule has 2 rings (SSSR count). The second kappa shape index (κ2) is 6.23. The molecular formula is C15H25N3O2S. The summed E-state index contributed by atoms with van der Waals surface area (Å²) in [6, 6.07) is 4.98. The predicted molar refractivity (Wildman–Crippen MR) is 87.0 cm³/mol. The Balaban J connectivity index is 2.36. The maximum Gasteiger partial charge on any atom is 0.242 e. The highest BCUT2D eigenvalue weighted by molar-refractivity contribution is 7.89. The molecular weight excluding hydrogens is 286 g/mol. The number of anilines is 2. The number of hydrogen-bond acceptors (Lipinski definition) is 4. The third kappa shape index (κ3) is 3.49. The molecule has 0 amide bonds. The van der Waals surface area contributed by atoms with Gasteiger partial charge in [0.25, 0.3) is 0 Å². The molecule has 0 saturated carbocycles. The van der Waals surface area contributed by atoms with Crippen LogP contribution in [0.2, 0.25) is 0 Å². The van der Waals surface area contributed by atoms with Crippen molar-refractivity contribution >= 4 is 21.4 Å². The van der Waals surface area contributed by atoms with E-state index in [1.807, 2.05) is 0 Å². The fraction of sp³-hybridized carbons (Fsp3) is 0.600. The van der Waals surface area contributed by atoms with E-state index in [0.717, 1.165) is 31.6 Å². The minimum absolute atomic E-state index is 0.300. The van der Waals surface area contributed by atoms with E-state index in [0.29, 0.717) is 16.5 Å². The van der Waals surface area contributed by atoms with Gasteiger partial charge in [-0.25, -0.2) is 12.7 Å². The van der Waals surface area contributed by atoms with E-state index >= 15 is 0 Å². The quantitative estimate of drug-likeness (QED) is 0.869. The monoisotopic (exact) mass is 311 g/mol. The highest BCUT2D eigenvalue weighted by atomic mass is 32.2. The summed E-state index contributed by atoms with van der Waals surface area (Å²) in [4.78, 5) is 2.52. The number of rotatable bonds is 3. The van der Waals surface area contributed by atoms with Gasteiger partial charge in [0.15, 0.2) is 0 Å². The Labute approximate surface area is 127 Å². The maximum absolute atomic E-state index is 12.3. The summed E-state index contributed by atoms with van der Waals surface area (Å²) in [5, 5.41) is 0. The molecule has 1 heterocycles. The predicted octanol–water partition coefficient (Wildman–Crippen LogP) is 2.15. The highest BCUT2D eigenvalue weighted by Gasteiger charge is 2.21. The van der Waals surface area contributed by atoms with Crippen molar-refractivity contribution in [1.82, 2.24) is 4.31 Å². The summed E-state index contributed by atoms with van der Waals surface area (Å²) in [7, 11) is -0.342. The number of nitrogen functional groups attached to an aromatic ring is 1. The second-order valence-electron chi connectivity index (χ2n) is 6.03. The van der Waals surface area contributed by atoms with Gasteiger partial charge in [0.05, 0.1) is 16.3 Å². The van der Waals surface area contributed by atoms with Crippen molar-refractivity contribution in [1.29, 1.82) is 0 Å². The molecule has 0 aliphatic carbocycles. The molecule has 0 radical (unpaired) electrons. The first-order chi connectivity index (χ1) is 9.82. The number of sulfonamides is 1. The lowest BCUT2D eigenvalue weighted by Gasteiger charge is -2.25. The van der Waals surface area contributed by atoms with Crippen molar-refractivity contribution in [2.75, 3.05) is 37.8 Å². The molecule has 0 bridgehead atoms. The summed E-state index contributed by atoms with van der Waals surface area (Å²) in [5.41, 5.74) is 7.56. The van der Waals surface area contributed by atoms with Gasteiger partial charge in [-0.1, -0.05) is 6.92 Å². The van der Waals surface area contributed by atoms with E-state index in [9.17, 15) is 8.42 Å². The summed E-state index contributed by atoms with van der Waals surface area (Å²) in [6.45, 7) is 4.12. The van der Waals surface area contributed by atoms with Crippen molar-refractivity contribution in [2.24, 2.45) is 5.92 Å². The molecule has 0 aromatic heterocycles. The van der Waals surface area contributed by atoms with Crippen LogP contribution in [0.25, 0.3) is 0 Å². The molecule has 1 aliphatic heterocycles. The van der Waals surface area contributed by atoms with Crippen LogP contribution in [0.1, 0.15) is 26.2 Å². The molecule has 118 valence electrons. The van der Waals surface area contributed by atoms with Gasteiger partial charge >= 0.3 is 0 Å². The Bertz CT molecular complexity index is 599. The molecule has 1 saturated heterocycles. The van der Waals surface area contributed by atoms with Gasteiger partial charge in [-0.3, -0.25) is 0 Å². The normalized spacial score (nSPS) is 20.6. The van der Waals surface area contributed by atoms with Gasteiger partial charge in [-0.15, -0.1) is 0 Å². The Kier molecular flexibility index (Phi) is 4.78. The molecule has 1 aliphatic rings. The smallest absolute Gasteiger partial charge is 0.242 e. The van der Waals surface area contributed by atoms with E-state index in [4.69, 9.17) is 5.73 Å². The molecule has 0 spiro atoms. The van der Waals surface area contributed by atoms with Gasteiger partial charge in [0.2, 0.25) is 10.0 Å². The Morgan fingerprint density at radius 2 is 1.95 bits per heavy atom. The minimum Gasteiger partial charge on any atom is -0.397 e. The zero-order valence-electron chi connectivity index (χ0n) is 13.0. The Morgan fingerprint density at radius 1 is 1.24 bits per heavy atom. The molecule has 1 unspecified atom stereocenters. The van der Waals surface area contributed by atoms with Crippen LogP contribution >= 0.6 is 0 Å². The molecule has 5 nitrogen and oxygen atoms in total. The van der Waals surface area contributed by atoms with Crippen LogP contribution in [0.4, 0.5) is 11.4 Å². The Hall–Kier alpha value is -1.27. The average Bonchev–Trinajstić information content (AvgIpc) is 2.63. The fourth-order valence-electron chi connectivity index (χ4n) is 2.67. The number of nitrogens with two attached hydrogens (primary N) is 1. The van der Waals surface area contributed by atoms with Gasteiger partial charge < -0.3 is 10.6 Å². The minimum atomic E-state index is -3.42. The van der Waals surface area contributed by atoms with Gasteiger partial charge in [0, 0.05) is 27.2 Å². The molecule has 6 heteroatoms. The largest absolute Gasteiger partial charge is 0.397 e. The first-order valence-electron chi connectivity index (χ1n) is 7.39. The summed E-state index contributed by atoms with van der Waals surface area (Å²) >= 11 is 0. The summed E-state index contributed by atoms with van der Waals surface area (Å²) < 4.78 is 25.8. The van der Waals surface area contributed by atoms with Crippen molar-refractivity contribution in [2.45, 2.75) is 31.1 Å². The number of hydrogen-bond donors (Lipinski definition) is 1. The maximum atomic E-state index is 12.3. The second-order valence-corrected chi connectivity index (χ2v) is 8.18. The topological polar surface area (TPSA) is 66.6 Å². The van der Waals surface area contributed by atoms with Crippen LogP contribution in [0, 0.1) is 5.92 Å². The van der Waals surface area contributed by atoms with Crippen LogP contribution in [0.3, 0.4) is 0 Å². The van der Waals surface area contributed by atoms with Crippen LogP contribution in [0.15, 0.2) is 23.1 Å². The van der Waals surface area contributed by atoms with Crippen LogP contribution in [0.5, 0.6) is 0 Å². The fourth-order valence-corrected chi connectivity index (χ4v) is 3.59. The van der Waals surface area contributed by atoms with Gasteiger partial charge in [0.1, 0.15) is 0 Å². The van der Waals surface area contributed by atoms with E-state index in [1.165, 1.54) is 10.7 Å². The summed E-state index contributed by atoms with van der Waals surface area (Å²) in [5.74, 6) is 0.713. The molecule has 1 atom stereocenters. The molecule has 1 aromatic rings. The zero-order chi connectivity index (χ0) is 15.6. The number of benzene rings is 1. The average molecular weight is 311 g/mol. The van der Waals surface area contributed by atoms with Gasteiger partial charge in [-0.05, 0) is 43.4 Å². The first kappa shape index (κ1) is 16.1. The SMILES string of the molecule is CC1CCCN(c2cc(S(=O)(=O)N(C)C)ccc2N)CC1. The highest BCUT2D eigenvalue weighted by Crippen LogP contribution is 2.30. The summed E-state index contributed by atoms with van der Waals surface area (Å²) in [6.07, 6.45) is 3.45. The van der Waals surface area contributed by atoms with Crippen LogP contribution < -0.4 is 10.6 Å². The molecule has 2 N–H and O–H groups in total. The Morgan fingerprint density at radius 3 is 2.62 bits per heavy atom. The molecule has 1 aromatic carbocycles.